The van der Waals surface area contributed by atoms with Crippen LogP contribution in [0.4, 0.5) is 0 Å². The summed E-state index contributed by atoms with van der Waals surface area (Å²) in [5.41, 5.74) is 0. The quantitative estimate of drug-likeness (QED) is 0.0195. The van der Waals surface area contributed by atoms with Gasteiger partial charge in [-0.1, -0.05) is 105 Å². The van der Waals surface area contributed by atoms with E-state index in [0.29, 0.717) is 26.4 Å². The second-order valence-electron chi connectivity index (χ2n) is 11.7. The van der Waals surface area contributed by atoms with Crippen LogP contribution in [0.5, 0.6) is 0 Å². The largest absolute Gasteiger partial charge is 1.00 e. The van der Waals surface area contributed by atoms with Crippen molar-refractivity contribution >= 4 is 20.8 Å². The Morgan fingerprint density at radius 1 is 0.469 bits per heavy atom. The minimum absolute atomic E-state index is 0. The number of hydrogen-bond donors (Lipinski definition) is 0. The van der Waals surface area contributed by atoms with Gasteiger partial charge in [-0.05, 0) is 46.5 Å². The van der Waals surface area contributed by atoms with Gasteiger partial charge in [0.15, 0.2) is 11.6 Å². The van der Waals surface area contributed by atoms with Crippen molar-refractivity contribution in [2.45, 2.75) is 163 Å². The molecule has 0 bridgehead atoms. The van der Waals surface area contributed by atoms with Gasteiger partial charge in [0.1, 0.15) is 13.2 Å². The monoisotopic (exact) mass is 880 g/mol. The molecule has 0 unspecified atom stereocenters. The van der Waals surface area contributed by atoms with E-state index >= 15 is 0 Å². The topological polar surface area (TPSA) is 156 Å². The van der Waals surface area contributed by atoms with Gasteiger partial charge in [0, 0.05) is 0 Å². The predicted molar refractivity (Wildman–Crippen MR) is 179 cm³/mol. The van der Waals surface area contributed by atoms with Crippen molar-refractivity contribution in [3.8, 4) is 0 Å². The van der Waals surface area contributed by atoms with Gasteiger partial charge in [-0.2, -0.15) is 8.42 Å². The number of hydrogen-bond acceptors (Lipinski definition) is 12. The molecule has 0 saturated carbocycles. The van der Waals surface area contributed by atoms with Crippen LogP contribution in [0.2, 0.25) is 0 Å². The van der Waals surface area contributed by atoms with E-state index in [4.69, 9.17) is 23.1 Å². The molecule has 0 aliphatic carbocycles. The molecule has 0 radical (unpaired) electrons. The first-order valence-corrected chi connectivity index (χ1v) is 20.1. The first-order valence-electron chi connectivity index (χ1n) is 17.4. The third-order valence-corrected chi connectivity index (χ3v) is 8.15. The summed E-state index contributed by atoms with van der Waals surface area (Å²) in [7, 11) is -8.75. The van der Waals surface area contributed by atoms with Crippen LogP contribution >= 0.6 is 0 Å². The minimum atomic E-state index is -4.75. The molecule has 0 rings (SSSR count). The maximum atomic E-state index is 11.6. The number of halogens is 1. The molecule has 49 heavy (non-hydrogen) atoms. The summed E-state index contributed by atoms with van der Waals surface area (Å²) in [6, 6.07) is 0. The Kier molecular flexibility index (Phi) is 47.7. The number of ether oxygens (including phenoxy) is 4. The first-order chi connectivity index (χ1) is 21.7. The molecule has 288 valence electrons. The minimum Gasteiger partial charge on any atom is -1.00 e. The Balaban J connectivity index is -0.000000249. The van der Waals surface area contributed by atoms with Gasteiger partial charge < -0.3 is 47.5 Å². The summed E-state index contributed by atoms with van der Waals surface area (Å²) >= 11 is 0. The Bertz CT molecular complexity index is 873. The van der Waals surface area contributed by atoms with Gasteiger partial charge in [-0.3, -0.25) is 4.18 Å². The average Bonchev–Trinajstić information content (AvgIpc) is 2.99. The van der Waals surface area contributed by atoms with E-state index in [1.807, 2.05) is 0 Å². The van der Waals surface area contributed by atoms with Crippen LogP contribution in [0, 0.1) is 0 Å². The number of unbranched alkanes of at least 4 members (excludes halogenated alkanes) is 12. The van der Waals surface area contributed by atoms with Gasteiger partial charge in [-0.15, -0.1) is 0 Å². The molecule has 17 heteroatoms. The SMILES string of the molecule is CCCCCCOC(C)(COS(=O)(=O)OCC)OCCCCCC.CCCCCCOC(C)(COS(=O)(=O)[O-])OCCCCCC.[I-].[Na+].[Na+]. The molecule has 0 aromatic carbocycles. The van der Waals surface area contributed by atoms with E-state index in [1.54, 1.807) is 20.8 Å². The van der Waals surface area contributed by atoms with E-state index in [2.05, 4.69) is 36.1 Å². The molecule has 0 N–H and O–H groups in total. The van der Waals surface area contributed by atoms with E-state index in [0.717, 1.165) is 103 Å². The zero-order chi connectivity index (χ0) is 35.2. The van der Waals surface area contributed by atoms with Crippen LogP contribution in [-0.4, -0.2) is 79.2 Å². The summed E-state index contributed by atoms with van der Waals surface area (Å²) in [6.07, 6.45) is 17.0. The van der Waals surface area contributed by atoms with Crippen LogP contribution < -0.4 is 83.1 Å². The Labute approximate surface area is 362 Å². The summed E-state index contributed by atoms with van der Waals surface area (Å²) in [4.78, 5) is 0. The van der Waals surface area contributed by atoms with Crippen LogP contribution in [0.1, 0.15) is 151 Å². The molecule has 0 fully saturated rings. The van der Waals surface area contributed by atoms with Crippen LogP contribution in [0.3, 0.4) is 0 Å². The molecule has 0 atom stereocenters. The molecule has 0 aromatic heterocycles. The van der Waals surface area contributed by atoms with Gasteiger partial charge in [0.05, 0.1) is 33.0 Å². The molecular weight excluding hydrogens is 813 g/mol. The van der Waals surface area contributed by atoms with Crippen molar-refractivity contribution in [2.24, 2.45) is 0 Å². The van der Waals surface area contributed by atoms with Gasteiger partial charge >= 0.3 is 69.5 Å². The summed E-state index contributed by atoms with van der Waals surface area (Å²) in [6.45, 7) is 14.8. The van der Waals surface area contributed by atoms with Crippen molar-refractivity contribution in [1.82, 2.24) is 0 Å². The van der Waals surface area contributed by atoms with Crippen molar-refractivity contribution in [3.05, 3.63) is 0 Å². The van der Waals surface area contributed by atoms with E-state index in [-0.39, 0.29) is 96.3 Å². The Morgan fingerprint density at radius 3 is 1.00 bits per heavy atom. The van der Waals surface area contributed by atoms with Crippen LogP contribution in [0.25, 0.3) is 0 Å². The number of rotatable bonds is 32. The standard InChI is InChI=1S/C17H36O6S.C15H32O6S.HI.2Na/c1-5-8-10-12-14-20-17(4,21-15-13-11-9-6-2)16-23-24(18,19)22-7-3;1-4-6-8-10-12-19-15(3,14-21-22(16,17)18)20-13-11-9-7-5-2;;;/h5-16H2,1-4H3;4-14H2,1-3H3,(H,16,17,18);1H;;/q;;;2*+1/p-2. The maximum absolute atomic E-state index is 11.6. The molecule has 12 nitrogen and oxygen atoms in total. The van der Waals surface area contributed by atoms with E-state index < -0.39 is 39.0 Å². The zero-order valence-corrected chi connectivity index (χ0v) is 40.1. The normalized spacial score (nSPS) is 11.9. The molecule has 0 aliphatic heterocycles. The summed E-state index contributed by atoms with van der Waals surface area (Å²) in [5, 5.41) is 0. The molecule has 0 saturated heterocycles. The fourth-order valence-electron chi connectivity index (χ4n) is 4.05. The smallest absolute Gasteiger partial charge is 1.00 e. The molecule has 0 spiro atoms. The molecule has 0 heterocycles. The fraction of sp³-hybridized carbons (Fsp3) is 1.00. The molecule has 0 aliphatic rings. The van der Waals surface area contributed by atoms with Crippen molar-refractivity contribution in [2.75, 3.05) is 46.2 Å². The fourth-order valence-corrected chi connectivity index (χ4v) is 5.13. The van der Waals surface area contributed by atoms with E-state index in [1.165, 1.54) is 0 Å². The van der Waals surface area contributed by atoms with Crippen molar-refractivity contribution in [1.29, 1.82) is 0 Å². The first kappa shape index (κ1) is 60.6. The van der Waals surface area contributed by atoms with Gasteiger partial charge in [0.25, 0.3) is 0 Å². The van der Waals surface area contributed by atoms with Gasteiger partial charge in [-0.25, -0.2) is 16.8 Å². The van der Waals surface area contributed by atoms with Crippen LogP contribution in [0.15, 0.2) is 0 Å². The third-order valence-electron chi connectivity index (χ3n) is 6.81. The predicted octanol–water partition coefficient (Wildman–Crippen LogP) is -1.42. The molecule has 0 aromatic rings. The molecular formula is C32H67INa2O12S2. The van der Waals surface area contributed by atoms with Crippen molar-refractivity contribution < 1.29 is 136 Å². The van der Waals surface area contributed by atoms with E-state index in [9.17, 15) is 21.4 Å². The Morgan fingerprint density at radius 2 is 0.755 bits per heavy atom. The molecule has 0 amide bonds. The summed E-state index contributed by atoms with van der Waals surface area (Å²) in [5.74, 6) is -2.28. The van der Waals surface area contributed by atoms with Crippen molar-refractivity contribution in [3.63, 3.8) is 0 Å². The van der Waals surface area contributed by atoms with Gasteiger partial charge in [0.2, 0.25) is 10.4 Å². The second kappa shape index (κ2) is 38.6. The third kappa shape index (κ3) is 42.9. The summed E-state index contributed by atoms with van der Waals surface area (Å²) < 4.78 is 91.6. The second-order valence-corrected chi connectivity index (χ2v) is 14.0. The average molecular weight is 881 g/mol. The zero-order valence-electron chi connectivity index (χ0n) is 32.4. The maximum Gasteiger partial charge on any atom is 1.00 e. The van der Waals surface area contributed by atoms with Crippen LogP contribution in [-0.2, 0) is 52.3 Å². The Hall–Kier alpha value is 2.31.